The first-order valence-electron chi connectivity index (χ1n) is 7.87. The van der Waals surface area contributed by atoms with Gasteiger partial charge in [0.05, 0.1) is 17.3 Å². The Morgan fingerprint density at radius 3 is 2.31 bits per heavy atom. The summed E-state index contributed by atoms with van der Waals surface area (Å²) in [5.74, 6) is -0.889. The summed E-state index contributed by atoms with van der Waals surface area (Å²) in [4.78, 5) is 47.5. The van der Waals surface area contributed by atoms with E-state index in [1.54, 1.807) is 36.4 Å². The molecule has 132 valence electrons. The van der Waals surface area contributed by atoms with E-state index in [9.17, 15) is 19.2 Å². The number of nitrogens with two attached hydrogens (primary N) is 1. The molecule has 0 aliphatic heterocycles. The fraction of sp³-hybridized carbons (Fsp3) is 0.111. The van der Waals surface area contributed by atoms with Crippen LogP contribution in [0.2, 0.25) is 0 Å². The van der Waals surface area contributed by atoms with E-state index in [-0.39, 0.29) is 30.0 Å². The van der Waals surface area contributed by atoms with Crippen LogP contribution in [-0.4, -0.2) is 21.6 Å². The van der Waals surface area contributed by atoms with Crippen LogP contribution in [0, 0.1) is 0 Å². The normalized spacial score (nSPS) is 10.6. The highest BCUT2D eigenvalue weighted by molar-refractivity contribution is 5.94. The summed E-state index contributed by atoms with van der Waals surface area (Å²) >= 11 is 0. The average Bonchev–Trinajstić information content (AvgIpc) is 2.64. The first-order chi connectivity index (χ1) is 12.5. The van der Waals surface area contributed by atoms with Crippen LogP contribution < -0.4 is 22.2 Å². The van der Waals surface area contributed by atoms with E-state index < -0.39 is 5.91 Å². The van der Waals surface area contributed by atoms with E-state index in [1.165, 1.54) is 12.1 Å². The molecule has 3 aromatic rings. The standard InChI is InChI=1S/C18H16N4O4/c19-16(24)11-5-7-12(8-6-11)20-15(23)9-10-22-18(26)14-4-2-1-3-13(14)17(25)21-22/h1-8H,9-10H2,(H2,19,24)(H,20,23)(H,21,25). The Morgan fingerprint density at radius 1 is 1.00 bits per heavy atom. The zero-order chi connectivity index (χ0) is 18.7. The third-order valence-electron chi connectivity index (χ3n) is 3.90. The van der Waals surface area contributed by atoms with Crippen LogP contribution in [0.3, 0.4) is 0 Å². The molecule has 0 unspecified atom stereocenters. The van der Waals surface area contributed by atoms with Crippen molar-refractivity contribution in [2.24, 2.45) is 5.73 Å². The minimum atomic E-state index is -0.553. The molecule has 0 bridgehead atoms. The van der Waals surface area contributed by atoms with Crippen LogP contribution in [0.15, 0.2) is 58.1 Å². The molecule has 0 spiro atoms. The summed E-state index contributed by atoms with van der Waals surface area (Å²) in [5, 5.41) is 5.74. The minimum Gasteiger partial charge on any atom is -0.366 e. The molecule has 0 aliphatic carbocycles. The summed E-state index contributed by atoms with van der Waals surface area (Å²) in [7, 11) is 0. The second-order valence-electron chi connectivity index (χ2n) is 5.68. The Balaban J connectivity index is 1.71. The zero-order valence-electron chi connectivity index (χ0n) is 13.7. The second kappa shape index (κ2) is 7.06. The molecule has 0 saturated heterocycles. The van der Waals surface area contributed by atoms with E-state index in [0.717, 1.165) is 4.68 Å². The first kappa shape index (κ1) is 17.2. The molecule has 4 N–H and O–H groups in total. The van der Waals surface area contributed by atoms with Crippen molar-refractivity contribution in [2.75, 3.05) is 5.32 Å². The Kier molecular flexibility index (Phi) is 4.66. The van der Waals surface area contributed by atoms with Crippen molar-refractivity contribution in [3.05, 3.63) is 74.8 Å². The van der Waals surface area contributed by atoms with Gasteiger partial charge in [-0.25, -0.2) is 4.68 Å². The zero-order valence-corrected chi connectivity index (χ0v) is 13.7. The number of aryl methyl sites for hydroxylation is 1. The van der Waals surface area contributed by atoms with Gasteiger partial charge in [0, 0.05) is 17.7 Å². The van der Waals surface area contributed by atoms with E-state index in [1.807, 2.05) is 0 Å². The van der Waals surface area contributed by atoms with Crippen LogP contribution in [0.25, 0.3) is 10.8 Å². The number of primary amides is 1. The van der Waals surface area contributed by atoms with Gasteiger partial charge in [0.2, 0.25) is 11.8 Å². The number of H-pyrrole nitrogens is 1. The molecule has 0 radical (unpaired) electrons. The van der Waals surface area contributed by atoms with Crippen molar-refractivity contribution in [3.63, 3.8) is 0 Å². The van der Waals surface area contributed by atoms with Crippen molar-refractivity contribution < 1.29 is 9.59 Å². The summed E-state index contributed by atoms with van der Waals surface area (Å²) in [6.45, 7) is 0.0319. The number of nitrogens with zero attached hydrogens (tertiary/aromatic N) is 1. The van der Waals surface area contributed by atoms with E-state index in [2.05, 4.69) is 10.4 Å². The highest BCUT2D eigenvalue weighted by Gasteiger charge is 2.09. The molecule has 0 fully saturated rings. The average molecular weight is 352 g/mol. The second-order valence-corrected chi connectivity index (χ2v) is 5.68. The third-order valence-corrected chi connectivity index (χ3v) is 3.90. The maximum atomic E-state index is 12.4. The third kappa shape index (κ3) is 3.54. The Bertz CT molecular complexity index is 1100. The van der Waals surface area contributed by atoms with Gasteiger partial charge in [0.25, 0.3) is 11.1 Å². The molecular formula is C18H16N4O4. The smallest absolute Gasteiger partial charge is 0.273 e. The maximum absolute atomic E-state index is 12.4. The number of nitrogens with one attached hydrogen (secondary N) is 2. The van der Waals surface area contributed by atoms with Gasteiger partial charge < -0.3 is 11.1 Å². The molecule has 8 nitrogen and oxygen atoms in total. The van der Waals surface area contributed by atoms with Crippen LogP contribution in [-0.2, 0) is 11.3 Å². The molecule has 3 rings (SSSR count). The largest absolute Gasteiger partial charge is 0.366 e. The van der Waals surface area contributed by atoms with Gasteiger partial charge in [-0.3, -0.25) is 24.3 Å². The summed E-state index contributed by atoms with van der Waals surface area (Å²) in [6, 6.07) is 12.6. The van der Waals surface area contributed by atoms with Gasteiger partial charge in [-0.1, -0.05) is 12.1 Å². The molecule has 2 amide bonds. The fourth-order valence-corrected chi connectivity index (χ4v) is 2.56. The van der Waals surface area contributed by atoms with Crippen molar-refractivity contribution in [3.8, 4) is 0 Å². The highest BCUT2D eigenvalue weighted by Crippen LogP contribution is 2.09. The van der Waals surface area contributed by atoms with Crippen molar-refractivity contribution >= 4 is 28.3 Å². The summed E-state index contributed by atoms with van der Waals surface area (Å²) in [5.41, 5.74) is 5.24. The number of carbonyl (C=O) groups is 2. The maximum Gasteiger partial charge on any atom is 0.273 e. The molecule has 0 saturated carbocycles. The van der Waals surface area contributed by atoms with E-state index >= 15 is 0 Å². The van der Waals surface area contributed by atoms with Crippen LogP contribution in [0.1, 0.15) is 16.8 Å². The van der Waals surface area contributed by atoms with Gasteiger partial charge in [0.1, 0.15) is 0 Å². The number of hydrogen-bond acceptors (Lipinski definition) is 4. The van der Waals surface area contributed by atoms with Crippen molar-refractivity contribution in [1.29, 1.82) is 0 Å². The number of hydrogen-bond donors (Lipinski definition) is 3. The van der Waals surface area contributed by atoms with E-state index in [4.69, 9.17) is 5.73 Å². The topological polar surface area (TPSA) is 127 Å². The number of aromatic nitrogens is 2. The van der Waals surface area contributed by atoms with Crippen LogP contribution in [0.5, 0.6) is 0 Å². The van der Waals surface area contributed by atoms with Crippen LogP contribution in [0.4, 0.5) is 5.69 Å². The van der Waals surface area contributed by atoms with Gasteiger partial charge in [-0.2, -0.15) is 0 Å². The minimum absolute atomic E-state index is 0.00818. The lowest BCUT2D eigenvalue weighted by Crippen LogP contribution is -2.31. The number of amides is 2. The van der Waals surface area contributed by atoms with Crippen LogP contribution >= 0.6 is 0 Å². The molecule has 0 aliphatic rings. The monoisotopic (exact) mass is 352 g/mol. The molecular weight excluding hydrogens is 336 g/mol. The van der Waals surface area contributed by atoms with Gasteiger partial charge in [0.15, 0.2) is 0 Å². The number of carbonyl (C=O) groups excluding carboxylic acids is 2. The Labute approximate surface area is 147 Å². The number of rotatable bonds is 5. The van der Waals surface area contributed by atoms with Crippen molar-refractivity contribution in [1.82, 2.24) is 9.78 Å². The predicted octanol–water partition coefficient (Wildman–Crippen LogP) is 0.817. The number of anilines is 1. The fourth-order valence-electron chi connectivity index (χ4n) is 2.56. The molecule has 26 heavy (non-hydrogen) atoms. The van der Waals surface area contributed by atoms with Gasteiger partial charge in [-0.15, -0.1) is 0 Å². The number of benzene rings is 2. The van der Waals surface area contributed by atoms with Gasteiger partial charge in [-0.05, 0) is 36.4 Å². The lowest BCUT2D eigenvalue weighted by molar-refractivity contribution is -0.116. The number of fused-ring (bicyclic) bond motifs is 1. The summed E-state index contributed by atoms with van der Waals surface area (Å²) < 4.78 is 1.13. The lowest BCUT2D eigenvalue weighted by atomic mass is 10.2. The molecule has 1 heterocycles. The van der Waals surface area contributed by atoms with E-state index in [0.29, 0.717) is 22.0 Å². The predicted molar refractivity (Wildman–Crippen MR) is 97.0 cm³/mol. The molecule has 8 heteroatoms. The highest BCUT2D eigenvalue weighted by atomic mass is 16.2. The number of aromatic amines is 1. The van der Waals surface area contributed by atoms with Crippen molar-refractivity contribution in [2.45, 2.75) is 13.0 Å². The first-order valence-corrected chi connectivity index (χ1v) is 7.87. The quantitative estimate of drug-likeness (QED) is 0.628. The Morgan fingerprint density at radius 2 is 1.65 bits per heavy atom. The van der Waals surface area contributed by atoms with Gasteiger partial charge >= 0.3 is 0 Å². The molecule has 1 aromatic heterocycles. The molecule has 0 atom stereocenters. The summed E-state index contributed by atoms with van der Waals surface area (Å²) in [6.07, 6.45) is -0.00818. The molecule has 2 aromatic carbocycles. The Hall–Kier alpha value is -3.68. The SMILES string of the molecule is NC(=O)c1ccc(NC(=O)CCn2[nH]c(=O)c3ccccc3c2=O)cc1. The lowest BCUT2D eigenvalue weighted by Gasteiger charge is -2.08.